The molecule has 2 rings (SSSR count). The summed E-state index contributed by atoms with van der Waals surface area (Å²) < 4.78 is 11.1. The molecule has 2 aliphatic rings. The maximum atomic E-state index is 11.1. The van der Waals surface area contributed by atoms with Crippen molar-refractivity contribution in [2.75, 3.05) is 11.5 Å². The minimum absolute atomic E-state index is 0.151. The van der Waals surface area contributed by atoms with Crippen molar-refractivity contribution in [3.63, 3.8) is 0 Å². The van der Waals surface area contributed by atoms with Gasteiger partial charge in [0.25, 0.3) is 0 Å². The number of aliphatic hydroxyl groups excluding tert-OH is 1. The summed E-state index contributed by atoms with van der Waals surface area (Å²) in [6.45, 7) is 0. The average Bonchev–Trinajstić information content (AvgIpc) is 2.56. The van der Waals surface area contributed by atoms with E-state index in [1.165, 1.54) is 0 Å². The van der Waals surface area contributed by atoms with Gasteiger partial charge >= 0.3 is 0 Å². The van der Waals surface area contributed by atoms with Crippen LogP contribution in [0.15, 0.2) is 0 Å². The summed E-state index contributed by atoms with van der Waals surface area (Å²) >= 11 is 0. The minimum Gasteiger partial charge on any atom is -0.392 e. The highest BCUT2D eigenvalue weighted by Crippen LogP contribution is 2.21. The molecule has 0 aromatic rings. The van der Waals surface area contributed by atoms with E-state index >= 15 is 0 Å². The van der Waals surface area contributed by atoms with Crippen LogP contribution >= 0.6 is 0 Å². The Balaban J connectivity index is 1.77. The Morgan fingerprint density at radius 1 is 1.14 bits per heavy atom. The summed E-state index contributed by atoms with van der Waals surface area (Å²) in [7, 11) is -0.575. The molecule has 1 aliphatic carbocycles. The zero-order valence-electron chi connectivity index (χ0n) is 8.45. The van der Waals surface area contributed by atoms with Crippen molar-refractivity contribution in [3.05, 3.63) is 0 Å². The van der Waals surface area contributed by atoms with E-state index in [0.29, 0.717) is 12.1 Å². The highest BCUT2D eigenvalue weighted by molar-refractivity contribution is 7.85. The molecule has 0 spiro atoms. The molecule has 4 heteroatoms. The number of hydrogen-bond acceptors (Lipinski definition) is 3. The van der Waals surface area contributed by atoms with Crippen molar-refractivity contribution in [1.82, 2.24) is 5.32 Å². The predicted molar refractivity (Wildman–Crippen MR) is 57.7 cm³/mol. The van der Waals surface area contributed by atoms with Crippen molar-refractivity contribution in [3.8, 4) is 0 Å². The maximum Gasteiger partial charge on any atom is 0.0693 e. The molecule has 1 saturated carbocycles. The van der Waals surface area contributed by atoms with Crippen LogP contribution in [0.2, 0.25) is 0 Å². The average molecular weight is 217 g/mol. The van der Waals surface area contributed by atoms with Gasteiger partial charge in [0.1, 0.15) is 0 Å². The summed E-state index contributed by atoms with van der Waals surface area (Å²) in [5.41, 5.74) is 0. The molecule has 1 aliphatic heterocycles. The van der Waals surface area contributed by atoms with Crippen LogP contribution in [0.3, 0.4) is 0 Å². The van der Waals surface area contributed by atoms with Crippen molar-refractivity contribution < 1.29 is 9.32 Å². The zero-order chi connectivity index (χ0) is 9.97. The van der Waals surface area contributed by atoms with E-state index in [-0.39, 0.29) is 6.10 Å². The van der Waals surface area contributed by atoms with Crippen LogP contribution in [-0.4, -0.2) is 39.0 Å². The molecule has 2 atom stereocenters. The van der Waals surface area contributed by atoms with Gasteiger partial charge in [-0.3, -0.25) is 4.21 Å². The first-order valence-electron chi connectivity index (χ1n) is 5.55. The monoisotopic (exact) mass is 217 g/mol. The Labute approximate surface area is 87.7 Å². The lowest BCUT2D eigenvalue weighted by Crippen LogP contribution is -2.45. The van der Waals surface area contributed by atoms with E-state index in [0.717, 1.165) is 43.6 Å². The summed E-state index contributed by atoms with van der Waals surface area (Å²) in [6.07, 6.45) is 5.04. The molecular weight excluding hydrogens is 198 g/mol. The van der Waals surface area contributed by atoms with E-state index < -0.39 is 10.8 Å². The molecule has 1 saturated heterocycles. The molecule has 0 aromatic heterocycles. The van der Waals surface area contributed by atoms with Gasteiger partial charge in [0.15, 0.2) is 0 Å². The Morgan fingerprint density at radius 3 is 2.43 bits per heavy atom. The topological polar surface area (TPSA) is 49.3 Å². The first kappa shape index (κ1) is 10.6. The number of rotatable bonds is 2. The van der Waals surface area contributed by atoms with E-state index in [1.807, 2.05) is 0 Å². The fourth-order valence-electron chi connectivity index (χ4n) is 2.40. The van der Waals surface area contributed by atoms with Gasteiger partial charge in [-0.25, -0.2) is 0 Å². The molecule has 0 amide bonds. The van der Waals surface area contributed by atoms with Crippen molar-refractivity contribution in [2.24, 2.45) is 0 Å². The van der Waals surface area contributed by atoms with Crippen LogP contribution in [0.1, 0.15) is 32.1 Å². The molecule has 0 unspecified atom stereocenters. The lowest BCUT2D eigenvalue weighted by atomic mass is 10.1. The molecule has 2 fully saturated rings. The maximum absolute atomic E-state index is 11.1. The minimum atomic E-state index is -0.575. The van der Waals surface area contributed by atoms with Crippen LogP contribution in [-0.2, 0) is 10.8 Å². The second kappa shape index (κ2) is 4.73. The lowest BCUT2D eigenvalue weighted by molar-refractivity contribution is 0.141. The van der Waals surface area contributed by atoms with Gasteiger partial charge in [0, 0.05) is 34.4 Å². The molecule has 14 heavy (non-hydrogen) atoms. The summed E-state index contributed by atoms with van der Waals surface area (Å²) in [5, 5.41) is 13.2. The molecule has 82 valence electrons. The molecular formula is C10H19NO2S. The smallest absolute Gasteiger partial charge is 0.0693 e. The molecule has 0 radical (unpaired) electrons. The normalized spacial score (nSPS) is 44.1. The van der Waals surface area contributed by atoms with Crippen molar-refractivity contribution in [1.29, 1.82) is 0 Å². The molecule has 1 heterocycles. The standard InChI is InChI=1S/C10H19NO2S/c12-10-3-1-2-9(10)11-8-4-6-14(13)7-5-8/h8-12H,1-7H2/t8?,9-,10-,14?/m0/s1. The number of aliphatic hydroxyl groups is 1. The third-order valence-corrected chi connectivity index (χ3v) is 4.70. The van der Waals surface area contributed by atoms with E-state index in [9.17, 15) is 9.32 Å². The zero-order valence-corrected chi connectivity index (χ0v) is 9.26. The number of nitrogens with one attached hydrogen (secondary N) is 1. The van der Waals surface area contributed by atoms with Gasteiger partial charge in [0.2, 0.25) is 0 Å². The Morgan fingerprint density at radius 2 is 1.86 bits per heavy atom. The quantitative estimate of drug-likeness (QED) is 0.704. The van der Waals surface area contributed by atoms with Crippen molar-refractivity contribution in [2.45, 2.75) is 50.3 Å². The van der Waals surface area contributed by atoms with Gasteiger partial charge in [0.05, 0.1) is 6.10 Å². The SMILES string of the molecule is O=S1CCC(N[C@H]2CCC[C@@H]2O)CC1. The number of hydrogen-bond donors (Lipinski definition) is 2. The van der Waals surface area contributed by atoms with E-state index in [1.54, 1.807) is 0 Å². The first-order valence-corrected chi connectivity index (χ1v) is 7.03. The molecule has 0 bridgehead atoms. The molecule has 2 N–H and O–H groups in total. The fourth-order valence-corrected chi connectivity index (χ4v) is 3.70. The molecule has 0 aromatic carbocycles. The van der Waals surface area contributed by atoms with E-state index in [2.05, 4.69) is 5.32 Å². The Kier molecular flexibility index (Phi) is 3.57. The van der Waals surface area contributed by atoms with Crippen LogP contribution in [0.4, 0.5) is 0 Å². The Hall–Kier alpha value is 0.0700. The summed E-state index contributed by atoms with van der Waals surface area (Å²) in [5.74, 6) is 1.67. The second-order valence-corrected chi connectivity index (χ2v) is 6.09. The van der Waals surface area contributed by atoms with Crippen molar-refractivity contribution >= 4 is 10.8 Å². The highest BCUT2D eigenvalue weighted by atomic mass is 32.2. The third-order valence-electron chi connectivity index (χ3n) is 3.32. The molecule has 3 nitrogen and oxygen atoms in total. The van der Waals surface area contributed by atoms with Crippen LogP contribution < -0.4 is 5.32 Å². The second-order valence-electron chi connectivity index (χ2n) is 4.39. The summed E-state index contributed by atoms with van der Waals surface area (Å²) in [4.78, 5) is 0. The van der Waals surface area contributed by atoms with Crippen LogP contribution in [0, 0.1) is 0 Å². The Bertz CT molecular complexity index is 212. The van der Waals surface area contributed by atoms with Gasteiger partial charge in [-0.05, 0) is 32.1 Å². The van der Waals surface area contributed by atoms with Gasteiger partial charge in [-0.15, -0.1) is 0 Å². The largest absolute Gasteiger partial charge is 0.392 e. The fraction of sp³-hybridized carbons (Fsp3) is 1.00. The van der Waals surface area contributed by atoms with E-state index in [4.69, 9.17) is 0 Å². The predicted octanol–water partition coefficient (Wildman–Crippen LogP) is 0.400. The van der Waals surface area contributed by atoms with Gasteiger partial charge in [-0.1, -0.05) is 0 Å². The van der Waals surface area contributed by atoms with Crippen LogP contribution in [0.5, 0.6) is 0 Å². The highest BCUT2D eigenvalue weighted by Gasteiger charge is 2.28. The van der Waals surface area contributed by atoms with Gasteiger partial charge in [-0.2, -0.15) is 0 Å². The lowest BCUT2D eigenvalue weighted by Gasteiger charge is -2.27. The van der Waals surface area contributed by atoms with Gasteiger partial charge < -0.3 is 10.4 Å². The first-order chi connectivity index (χ1) is 6.75. The van der Waals surface area contributed by atoms with Crippen LogP contribution in [0.25, 0.3) is 0 Å². The summed E-state index contributed by atoms with van der Waals surface area (Å²) in [6, 6.07) is 0.789. The third kappa shape index (κ3) is 2.55.